The molecule has 2 aromatic carbocycles. The molecule has 2 aliphatic heterocycles. The van der Waals surface area contributed by atoms with Crippen molar-refractivity contribution in [2.24, 2.45) is 0 Å². The first-order valence-electron chi connectivity index (χ1n) is 14.2. The van der Waals surface area contributed by atoms with Gasteiger partial charge in [0.1, 0.15) is 18.5 Å². The zero-order valence-electron chi connectivity index (χ0n) is 23.5. The van der Waals surface area contributed by atoms with Gasteiger partial charge < -0.3 is 19.1 Å². The number of hydrogen-bond donors (Lipinski definition) is 2. The number of esters is 1. The number of alkyl carbamates (subject to hydrolysis) is 1. The van der Waals surface area contributed by atoms with E-state index in [2.05, 4.69) is 22.0 Å². The van der Waals surface area contributed by atoms with Gasteiger partial charge in [-0.2, -0.15) is 0 Å². The zero-order valence-corrected chi connectivity index (χ0v) is 23.5. The molecule has 0 radical (unpaired) electrons. The molecule has 0 aromatic heterocycles. The second-order valence-corrected chi connectivity index (χ2v) is 10.2. The smallest absolute Gasteiger partial charge is 0.414 e. The van der Waals surface area contributed by atoms with Gasteiger partial charge in [0.05, 0.1) is 19.6 Å². The molecule has 0 spiro atoms. The van der Waals surface area contributed by atoms with Crippen LogP contribution in [0, 0.1) is 5.41 Å². The van der Waals surface area contributed by atoms with E-state index < -0.39 is 12.2 Å². The van der Waals surface area contributed by atoms with Gasteiger partial charge in [-0.15, -0.1) is 0 Å². The SMILES string of the molecule is CCCCOC(=O)CCN1CCN(CC2CN(c3ccc(C(=N)NC(=O)OCc4ccccc4)cc3)C(=O)O2)CC1. The van der Waals surface area contributed by atoms with Gasteiger partial charge in [-0.25, -0.2) is 9.59 Å². The lowest BCUT2D eigenvalue weighted by molar-refractivity contribution is -0.144. The maximum atomic E-state index is 12.6. The summed E-state index contributed by atoms with van der Waals surface area (Å²) >= 11 is 0. The molecule has 0 aliphatic carbocycles. The number of piperazine rings is 1. The monoisotopic (exact) mass is 565 g/mol. The minimum atomic E-state index is -0.709. The number of amides is 2. The van der Waals surface area contributed by atoms with E-state index in [4.69, 9.17) is 19.6 Å². The molecule has 41 heavy (non-hydrogen) atoms. The van der Waals surface area contributed by atoms with Crippen molar-refractivity contribution in [3.63, 3.8) is 0 Å². The Labute approximate surface area is 240 Å². The highest BCUT2D eigenvalue weighted by molar-refractivity contribution is 6.04. The Bertz CT molecular complexity index is 1170. The molecular formula is C30H39N5O6. The van der Waals surface area contributed by atoms with E-state index >= 15 is 0 Å². The molecule has 2 N–H and O–H groups in total. The molecule has 2 heterocycles. The number of benzene rings is 2. The second-order valence-electron chi connectivity index (χ2n) is 10.2. The fraction of sp³-hybridized carbons (Fsp3) is 0.467. The van der Waals surface area contributed by atoms with Crippen LogP contribution in [0.4, 0.5) is 15.3 Å². The lowest BCUT2D eigenvalue weighted by Crippen LogP contribution is -2.49. The van der Waals surface area contributed by atoms with Gasteiger partial charge in [0.2, 0.25) is 0 Å². The van der Waals surface area contributed by atoms with Crippen LogP contribution >= 0.6 is 0 Å². The highest BCUT2D eigenvalue weighted by Crippen LogP contribution is 2.23. The lowest BCUT2D eigenvalue weighted by atomic mass is 10.1. The average molecular weight is 566 g/mol. The van der Waals surface area contributed by atoms with Crippen molar-refractivity contribution in [3.05, 3.63) is 65.7 Å². The first-order valence-corrected chi connectivity index (χ1v) is 14.2. The van der Waals surface area contributed by atoms with Crippen LogP contribution < -0.4 is 10.2 Å². The molecule has 220 valence electrons. The van der Waals surface area contributed by atoms with Crippen LogP contribution in [0.15, 0.2) is 54.6 Å². The Kier molecular flexibility index (Phi) is 11.1. The van der Waals surface area contributed by atoms with Crippen molar-refractivity contribution in [2.45, 2.75) is 38.9 Å². The topological polar surface area (TPSA) is 125 Å². The van der Waals surface area contributed by atoms with Crippen LogP contribution in [0.5, 0.6) is 0 Å². The third-order valence-corrected chi connectivity index (χ3v) is 7.10. The fourth-order valence-corrected chi connectivity index (χ4v) is 4.70. The van der Waals surface area contributed by atoms with E-state index in [1.165, 1.54) is 0 Å². The third-order valence-electron chi connectivity index (χ3n) is 7.10. The Balaban J connectivity index is 1.17. The van der Waals surface area contributed by atoms with Gasteiger partial charge in [0.25, 0.3) is 0 Å². The summed E-state index contributed by atoms with van der Waals surface area (Å²) in [5, 5.41) is 10.6. The summed E-state index contributed by atoms with van der Waals surface area (Å²) in [4.78, 5) is 42.6. The molecule has 0 bridgehead atoms. The number of nitrogens with zero attached hydrogens (tertiary/aromatic N) is 3. The molecule has 11 nitrogen and oxygen atoms in total. The van der Waals surface area contributed by atoms with Crippen LogP contribution in [0.1, 0.15) is 37.3 Å². The van der Waals surface area contributed by atoms with E-state index in [1.807, 2.05) is 30.3 Å². The Morgan fingerprint density at radius 1 is 1.00 bits per heavy atom. The number of unbranched alkanes of at least 4 members (excludes halogenated alkanes) is 1. The zero-order chi connectivity index (χ0) is 29.0. The summed E-state index contributed by atoms with van der Waals surface area (Å²) < 4.78 is 16.0. The van der Waals surface area contributed by atoms with E-state index in [0.29, 0.717) is 43.9 Å². The van der Waals surface area contributed by atoms with Crippen molar-refractivity contribution in [1.29, 1.82) is 5.41 Å². The number of ether oxygens (including phenoxy) is 3. The number of rotatable bonds is 12. The number of hydrogen-bond acceptors (Lipinski definition) is 9. The maximum absolute atomic E-state index is 12.6. The number of nitrogens with one attached hydrogen (secondary N) is 2. The minimum Gasteiger partial charge on any atom is -0.466 e. The summed E-state index contributed by atoms with van der Waals surface area (Å²) in [7, 11) is 0. The number of amidine groups is 1. The molecule has 2 aromatic rings. The molecule has 2 aliphatic rings. The highest BCUT2D eigenvalue weighted by atomic mass is 16.6. The Morgan fingerprint density at radius 3 is 2.41 bits per heavy atom. The van der Waals surface area contributed by atoms with Crippen molar-refractivity contribution in [1.82, 2.24) is 15.1 Å². The summed E-state index contributed by atoms with van der Waals surface area (Å²) in [5.41, 5.74) is 2.01. The van der Waals surface area contributed by atoms with Crippen LogP contribution in [-0.2, 0) is 25.6 Å². The first-order chi connectivity index (χ1) is 19.9. The quantitative estimate of drug-likeness (QED) is 0.132. The molecular weight excluding hydrogens is 526 g/mol. The van der Waals surface area contributed by atoms with Crippen molar-refractivity contribution in [3.8, 4) is 0 Å². The number of cyclic esters (lactones) is 1. The van der Waals surface area contributed by atoms with Gasteiger partial charge in [-0.3, -0.25) is 25.3 Å². The van der Waals surface area contributed by atoms with Crippen LogP contribution in [0.2, 0.25) is 0 Å². The molecule has 2 saturated heterocycles. The molecule has 1 unspecified atom stereocenters. The lowest BCUT2D eigenvalue weighted by Gasteiger charge is -2.35. The van der Waals surface area contributed by atoms with Gasteiger partial charge in [-0.1, -0.05) is 43.7 Å². The first kappa shape index (κ1) is 30.0. The fourth-order valence-electron chi connectivity index (χ4n) is 4.70. The predicted octanol–water partition coefficient (Wildman–Crippen LogP) is 3.61. The van der Waals surface area contributed by atoms with Crippen LogP contribution in [0.25, 0.3) is 0 Å². The Hall–Kier alpha value is -3.96. The number of carbonyl (C=O) groups excluding carboxylic acids is 3. The number of carbonyl (C=O) groups is 3. The molecule has 2 fully saturated rings. The second kappa shape index (κ2) is 15.2. The van der Waals surface area contributed by atoms with Gasteiger partial charge in [0.15, 0.2) is 0 Å². The van der Waals surface area contributed by atoms with Crippen molar-refractivity contribution in [2.75, 3.05) is 57.3 Å². The van der Waals surface area contributed by atoms with E-state index in [9.17, 15) is 14.4 Å². The van der Waals surface area contributed by atoms with Gasteiger partial charge in [0, 0.05) is 50.5 Å². The summed E-state index contributed by atoms with van der Waals surface area (Å²) in [5.74, 6) is -0.231. The largest absolute Gasteiger partial charge is 0.466 e. The normalized spacial score (nSPS) is 17.6. The van der Waals surface area contributed by atoms with E-state index in [0.717, 1.165) is 44.6 Å². The molecule has 0 saturated carbocycles. The molecule has 2 amide bonds. The molecule has 1 atom stereocenters. The highest BCUT2D eigenvalue weighted by Gasteiger charge is 2.34. The number of anilines is 1. The third kappa shape index (κ3) is 9.29. The predicted molar refractivity (Wildman–Crippen MR) is 154 cm³/mol. The van der Waals surface area contributed by atoms with Crippen molar-refractivity contribution < 1.29 is 28.6 Å². The van der Waals surface area contributed by atoms with Crippen LogP contribution in [0.3, 0.4) is 0 Å². The van der Waals surface area contributed by atoms with Gasteiger partial charge >= 0.3 is 18.2 Å². The summed E-state index contributed by atoms with van der Waals surface area (Å²) in [6.07, 6.45) is 0.955. The molecule has 4 rings (SSSR count). The molecule has 11 heteroatoms. The minimum absolute atomic E-state index is 0.0935. The Morgan fingerprint density at radius 2 is 1.71 bits per heavy atom. The van der Waals surface area contributed by atoms with E-state index in [-0.39, 0.29) is 24.5 Å². The summed E-state index contributed by atoms with van der Waals surface area (Å²) in [6.45, 7) is 7.85. The van der Waals surface area contributed by atoms with Crippen LogP contribution in [-0.4, -0.2) is 92.3 Å². The van der Waals surface area contributed by atoms with Gasteiger partial charge in [-0.05, 0) is 36.2 Å². The summed E-state index contributed by atoms with van der Waals surface area (Å²) in [6, 6.07) is 16.1. The maximum Gasteiger partial charge on any atom is 0.414 e. The average Bonchev–Trinajstić information content (AvgIpc) is 3.36. The van der Waals surface area contributed by atoms with E-state index in [1.54, 1.807) is 29.2 Å². The van der Waals surface area contributed by atoms with Crippen molar-refractivity contribution >= 4 is 29.7 Å². The standard InChI is InChI=1S/C30H39N5O6/c1-2-3-19-39-27(36)13-14-33-15-17-34(18-16-33)20-26-21-35(30(38)41-26)25-11-9-24(10-12-25)28(31)32-29(37)40-22-23-7-5-4-6-8-23/h4-12,26H,2-3,13-22H2,1H3,(H2,31,32,37).